The van der Waals surface area contributed by atoms with Crippen LogP contribution in [0.5, 0.6) is 5.75 Å². The minimum atomic E-state index is -1.08. The number of amides is 1. The van der Waals surface area contributed by atoms with Crippen molar-refractivity contribution in [2.24, 2.45) is 40.7 Å². The van der Waals surface area contributed by atoms with Crippen LogP contribution in [0.2, 0.25) is 0 Å². The summed E-state index contributed by atoms with van der Waals surface area (Å²) in [6.45, 7) is 11.0. The average molecular weight is 628 g/mol. The number of nitrogens with two attached hydrogens (primary N) is 1. The molecular weight excluding hydrogens is 578 g/mol. The fourth-order valence-electron chi connectivity index (χ4n) is 9.23. The Morgan fingerprint density at radius 1 is 1.17 bits per heavy atom. The van der Waals surface area contributed by atoms with Crippen molar-refractivity contribution >= 4 is 11.7 Å². The van der Waals surface area contributed by atoms with Gasteiger partial charge in [0, 0.05) is 36.0 Å². The number of fused-ring (bicyclic) bond motifs is 3. The highest BCUT2D eigenvalue weighted by molar-refractivity contribution is 6.14. The Balaban J connectivity index is 1.42. The zero-order chi connectivity index (χ0) is 33.1. The van der Waals surface area contributed by atoms with E-state index >= 15 is 0 Å². The molecule has 5 unspecified atom stereocenters. The van der Waals surface area contributed by atoms with Gasteiger partial charge in [0.1, 0.15) is 11.5 Å². The summed E-state index contributed by atoms with van der Waals surface area (Å²) in [6, 6.07) is 11.5. The van der Waals surface area contributed by atoms with Crippen molar-refractivity contribution < 1.29 is 24.9 Å². The van der Waals surface area contributed by atoms with Gasteiger partial charge in [-0.15, -0.1) is 6.58 Å². The number of aromatic hydroxyl groups is 1. The van der Waals surface area contributed by atoms with Crippen molar-refractivity contribution in [2.45, 2.75) is 64.6 Å². The number of hydrogen-bond donors (Lipinski definition) is 4. The molecule has 4 aliphatic carbocycles. The third kappa shape index (κ3) is 5.38. The van der Waals surface area contributed by atoms with Crippen molar-refractivity contribution in [3.8, 4) is 16.9 Å². The second kappa shape index (κ2) is 12.3. The summed E-state index contributed by atoms with van der Waals surface area (Å²) in [7, 11) is 3.71. The molecule has 0 aromatic heterocycles. The van der Waals surface area contributed by atoms with Crippen LogP contribution in [-0.4, -0.2) is 76.1 Å². The highest BCUT2D eigenvalue weighted by Gasteiger charge is 2.62. The summed E-state index contributed by atoms with van der Waals surface area (Å²) in [5, 5.41) is 34.7. The number of carbonyl (C=O) groups is 2. The quantitative estimate of drug-likeness (QED) is 0.271. The first-order valence-corrected chi connectivity index (χ1v) is 16.8. The number of rotatable bonds is 10. The molecular formula is C38H49N3O5. The summed E-state index contributed by atoms with van der Waals surface area (Å²) >= 11 is 0. The van der Waals surface area contributed by atoms with Gasteiger partial charge in [0.2, 0.25) is 5.91 Å². The van der Waals surface area contributed by atoms with Crippen LogP contribution >= 0.6 is 0 Å². The molecule has 0 radical (unpaired) electrons. The molecule has 0 aliphatic heterocycles. The number of carbonyl (C=O) groups excluding carboxylic acids is 2. The van der Waals surface area contributed by atoms with Gasteiger partial charge in [-0.25, -0.2) is 0 Å². The van der Waals surface area contributed by atoms with Gasteiger partial charge < -0.3 is 26.0 Å². The van der Waals surface area contributed by atoms with E-state index in [-0.39, 0.29) is 40.3 Å². The number of nitrogens with zero attached hydrogens (tertiary/aromatic N) is 2. The Morgan fingerprint density at radius 2 is 1.91 bits per heavy atom. The first kappa shape index (κ1) is 32.5. The molecule has 2 fully saturated rings. The second-order valence-corrected chi connectivity index (χ2v) is 14.7. The van der Waals surface area contributed by atoms with E-state index in [1.54, 1.807) is 19.1 Å². The molecule has 0 saturated heterocycles. The summed E-state index contributed by atoms with van der Waals surface area (Å²) in [4.78, 5) is 31.6. The smallest absolute Gasteiger partial charge is 0.224 e. The number of allylic oxidation sites excluding steroid dienone is 3. The SMILES string of the molecule is C=C[C@]1(C)C(C(N)=O)C(O)[C@@H](N(C)C)C2CC3Cc4c(-c5cccc(CN(CCC)CC6CC6)c5)ccc(O)c4C(=O)C3=C(O)C21. The number of phenolic OH excluding ortho intramolecular Hbond substituents is 1. The zero-order valence-corrected chi connectivity index (χ0v) is 27.6. The van der Waals surface area contributed by atoms with E-state index in [1.807, 2.05) is 25.1 Å². The van der Waals surface area contributed by atoms with Crippen LogP contribution in [0, 0.1) is 35.0 Å². The van der Waals surface area contributed by atoms with Crippen molar-refractivity contribution in [2.75, 3.05) is 27.2 Å². The van der Waals surface area contributed by atoms with E-state index in [0.717, 1.165) is 48.7 Å². The first-order valence-electron chi connectivity index (χ1n) is 16.8. The fraction of sp³-hybridized carbons (Fsp3) is 0.526. The lowest BCUT2D eigenvalue weighted by atomic mass is 9.49. The fourth-order valence-corrected chi connectivity index (χ4v) is 9.23. The van der Waals surface area contributed by atoms with Crippen LogP contribution in [0.1, 0.15) is 61.0 Å². The number of aliphatic hydroxyl groups excluding tert-OH is 2. The number of primary amides is 1. The van der Waals surface area contributed by atoms with E-state index in [2.05, 4.69) is 42.7 Å². The van der Waals surface area contributed by atoms with Crippen molar-refractivity contribution in [1.29, 1.82) is 0 Å². The number of Topliss-reactive ketones (excluding diaryl/α,β-unsaturated/α-hetero) is 1. The molecule has 0 spiro atoms. The molecule has 7 atom stereocenters. The van der Waals surface area contributed by atoms with Gasteiger partial charge in [0.25, 0.3) is 0 Å². The third-order valence-electron chi connectivity index (χ3n) is 11.4. The molecule has 46 heavy (non-hydrogen) atoms. The molecule has 8 nitrogen and oxygen atoms in total. The van der Waals surface area contributed by atoms with Crippen LogP contribution < -0.4 is 5.73 Å². The van der Waals surface area contributed by atoms with Crippen LogP contribution in [-0.2, 0) is 17.8 Å². The minimum absolute atomic E-state index is 0.0808. The molecule has 0 heterocycles. The lowest BCUT2D eigenvalue weighted by Crippen LogP contribution is -2.65. The maximum absolute atomic E-state index is 14.4. The van der Waals surface area contributed by atoms with E-state index in [4.69, 9.17) is 5.73 Å². The zero-order valence-electron chi connectivity index (χ0n) is 27.6. The third-order valence-corrected chi connectivity index (χ3v) is 11.4. The second-order valence-electron chi connectivity index (χ2n) is 14.7. The molecule has 1 amide bonds. The number of benzene rings is 2. The lowest BCUT2D eigenvalue weighted by Gasteiger charge is -2.58. The Kier molecular flexibility index (Phi) is 8.68. The number of aliphatic hydroxyl groups is 2. The Hall–Kier alpha value is -3.46. The topological polar surface area (TPSA) is 127 Å². The average Bonchev–Trinajstić information content (AvgIpc) is 3.80. The maximum Gasteiger partial charge on any atom is 0.224 e. The van der Waals surface area contributed by atoms with Crippen LogP contribution in [0.25, 0.3) is 11.1 Å². The van der Waals surface area contributed by atoms with E-state index in [9.17, 15) is 24.9 Å². The summed E-state index contributed by atoms with van der Waals surface area (Å²) in [5.41, 5.74) is 9.20. The molecule has 2 aromatic rings. The van der Waals surface area contributed by atoms with Crippen LogP contribution in [0.4, 0.5) is 0 Å². The Bertz CT molecular complexity index is 1580. The minimum Gasteiger partial charge on any atom is -0.512 e. The predicted octanol–water partition coefficient (Wildman–Crippen LogP) is 5.08. The monoisotopic (exact) mass is 627 g/mol. The highest BCUT2D eigenvalue weighted by atomic mass is 16.3. The predicted molar refractivity (Wildman–Crippen MR) is 179 cm³/mol. The molecule has 0 bridgehead atoms. The van der Waals surface area contributed by atoms with E-state index < -0.39 is 35.3 Å². The van der Waals surface area contributed by atoms with Crippen molar-refractivity contribution in [3.05, 3.63) is 77.1 Å². The largest absolute Gasteiger partial charge is 0.512 e. The van der Waals surface area contributed by atoms with Gasteiger partial charge in [0.15, 0.2) is 5.78 Å². The summed E-state index contributed by atoms with van der Waals surface area (Å²) in [6.07, 6.45) is 5.24. The van der Waals surface area contributed by atoms with E-state index in [0.29, 0.717) is 12.8 Å². The molecule has 4 aliphatic rings. The Morgan fingerprint density at radius 3 is 2.54 bits per heavy atom. The van der Waals surface area contributed by atoms with Gasteiger partial charge in [-0.1, -0.05) is 44.2 Å². The number of ketones is 1. The van der Waals surface area contributed by atoms with Gasteiger partial charge >= 0.3 is 0 Å². The molecule has 2 saturated carbocycles. The molecule has 246 valence electrons. The number of phenols is 1. The Labute approximate surface area is 272 Å². The summed E-state index contributed by atoms with van der Waals surface area (Å²) in [5.74, 6) is -2.69. The normalized spacial score (nSPS) is 30.6. The molecule has 2 aromatic carbocycles. The summed E-state index contributed by atoms with van der Waals surface area (Å²) < 4.78 is 0. The van der Waals surface area contributed by atoms with Gasteiger partial charge in [0.05, 0.1) is 17.6 Å². The molecule has 5 N–H and O–H groups in total. The highest BCUT2D eigenvalue weighted by Crippen LogP contribution is 2.59. The van der Waals surface area contributed by atoms with Gasteiger partial charge in [-0.2, -0.15) is 0 Å². The van der Waals surface area contributed by atoms with Crippen LogP contribution in [0.3, 0.4) is 0 Å². The van der Waals surface area contributed by atoms with Crippen molar-refractivity contribution in [1.82, 2.24) is 9.80 Å². The lowest BCUT2D eigenvalue weighted by molar-refractivity contribution is -0.152. The standard InChI is InChI=1S/C38H49N3O5/c1-6-15-41(19-21-11-12-21)20-22-9-8-10-23(16-22)25-13-14-28(42)30-26(25)17-24-18-27-31(35(44)29(24)34(30)43)38(3,7-2)32(37(39)46)36(45)33(27)40(4)5/h7-10,13-14,16,21,24,27,31-33,36,42,44-45H,2,6,11-12,15,17-20H2,1,3-5H3,(H2,39,46)/t24?,27?,31?,32?,33-,36?,38-/m0/s1. The molecule has 8 heteroatoms. The number of hydrogen-bond acceptors (Lipinski definition) is 7. The van der Waals surface area contributed by atoms with Crippen LogP contribution in [0.15, 0.2) is 60.4 Å². The molecule has 6 rings (SSSR count). The first-order chi connectivity index (χ1) is 21.9. The maximum atomic E-state index is 14.4. The van der Waals surface area contributed by atoms with E-state index in [1.165, 1.54) is 18.4 Å². The number of likely N-dealkylation sites (N-methyl/N-ethyl adjacent to an activating group) is 1. The van der Waals surface area contributed by atoms with Gasteiger partial charge in [-0.3, -0.25) is 14.5 Å². The van der Waals surface area contributed by atoms with Crippen molar-refractivity contribution in [3.63, 3.8) is 0 Å². The van der Waals surface area contributed by atoms with Gasteiger partial charge in [-0.05, 0) is 105 Å².